The lowest BCUT2D eigenvalue weighted by atomic mass is 10.0. The molecule has 3 rings (SSSR count). The molecule has 0 aliphatic carbocycles. The fourth-order valence-electron chi connectivity index (χ4n) is 2.87. The van der Waals surface area contributed by atoms with Crippen LogP contribution >= 0.6 is 0 Å². The molecule has 1 unspecified atom stereocenters. The molecule has 1 spiro atoms. The van der Waals surface area contributed by atoms with E-state index in [1.54, 1.807) is 26.8 Å². The Morgan fingerprint density at radius 1 is 1.32 bits per heavy atom. The maximum Gasteiger partial charge on any atom is 0.387 e. The molecule has 154 valence electrons. The van der Waals surface area contributed by atoms with Gasteiger partial charge < -0.3 is 18.9 Å². The second-order valence-electron chi connectivity index (χ2n) is 7.54. The summed E-state index contributed by atoms with van der Waals surface area (Å²) in [6, 6.07) is 4.44. The number of esters is 1. The largest absolute Gasteiger partial charge is 0.478 e. The van der Waals surface area contributed by atoms with Crippen LogP contribution in [-0.4, -0.2) is 43.6 Å². The minimum Gasteiger partial charge on any atom is -0.478 e. The van der Waals surface area contributed by atoms with E-state index in [1.165, 1.54) is 12.1 Å². The summed E-state index contributed by atoms with van der Waals surface area (Å²) in [4.78, 5) is 17.5. The average Bonchev–Trinajstić information content (AvgIpc) is 3.22. The van der Waals surface area contributed by atoms with E-state index >= 15 is 0 Å². The molecule has 0 amide bonds. The van der Waals surface area contributed by atoms with Gasteiger partial charge in [-0.3, -0.25) is 10.3 Å². The van der Waals surface area contributed by atoms with Gasteiger partial charge in [0.05, 0.1) is 12.3 Å². The van der Waals surface area contributed by atoms with Crippen molar-refractivity contribution in [3.05, 3.63) is 29.8 Å². The first-order valence-electron chi connectivity index (χ1n) is 8.84. The van der Waals surface area contributed by atoms with Crippen LogP contribution in [0.25, 0.3) is 5.70 Å². The third kappa shape index (κ3) is 5.11. The molecule has 0 saturated carbocycles. The molecule has 2 heterocycles. The summed E-state index contributed by atoms with van der Waals surface area (Å²) >= 11 is 0. The third-order valence-electron chi connectivity index (χ3n) is 4.02. The first kappa shape index (κ1) is 20.3. The number of hydroxylamine groups is 1. The highest BCUT2D eigenvalue weighted by Crippen LogP contribution is 2.36. The topological polar surface area (TPSA) is 75.3 Å². The van der Waals surface area contributed by atoms with Gasteiger partial charge >= 0.3 is 12.6 Å². The Kier molecular flexibility index (Phi) is 5.76. The quantitative estimate of drug-likeness (QED) is 0.737. The number of benzene rings is 1. The number of rotatable bonds is 6. The van der Waals surface area contributed by atoms with E-state index in [4.69, 9.17) is 19.0 Å². The molecular weight excluding hydrogens is 376 g/mol. The van der Waals surface area contributed by atoms with Crippen LogP contribution in [0, 0.1) is 0 Å². The van der Waals surface area contributed by atoms with Crippen LogP contribution in [0.3, 0.4) is 0 Å². The molecule has 0 bridgehead atoms. The van der Waals surface area contributed by atoms with Crippen LogP contribution in [0.15, 0.2) is 24.3 Å². The number of alkyl halides is 2. The van der Waals surface area contributed by atoms with Gasteiger partial charge in [-0.25, -0.2) is 4.79 Å². The predicted octanol–water partition coefficient (Wildman–Crippen LogP) is 3.04. The molecule has 1 atom stereocenters. The van der Waals surface area contributed by atoms with Crippen LogP contribution in [-0.2, 0) is 19.1 Å². The number of carbonyl (C=O) groups excluding carboxylic acids is 1. The fraction of sp³-hybridized carbons (Fsp3) is 0.526. The van der Waals surface area contributed by atoms with Crippen molar-refractivity contribution in [2.45, 2.75) is 45.0 Å². The Labute approximate surface area is 161 Å². The van der Waals surface area contributed by atoms with Gasteiger partial charge in [-0.05, 0) is 45.0 Å². The predicted molar refractivity (Wildman–Crippen MR) is 94.8 cm³/mol. The molecule has 1 saturated heterocycles. The second kappa shape index (κ2) is 7.92. The summed E-state index contributed by atoms with van der Waals surface area (Å²) in [6.07, 6.45) is 2.60. The van der Waals surface area contributed by atoms with Crippen LogP contribution < -0.4 is 15.0 Å². The third-order valence-corrected chi connectivity index (χ3v) is 4.02. The van der Waals surface area contributed by atoms with E-state index in [2.05, 4.69) is 10.2 Å². The molecule has 2 aliphatic rings. The molecule has 0 aromatic heterocycles. The van der Waals surface area contributed by atoms with Crippen molar-refractivity contribution in [2.75, 3.05) is 19.8 Å². The minimum absolute atomic E-state index is 0.00465. The van der Waals surface area contributed by atoms with E-state index in [1.807, 2.05) is 6.08 Å². The Balaban J connectivity index is 1.78. The monoisotopic (exact) mass is 399 g/mol. The van der Waals surface area contributed by atoms with Gasteiger partial charge in [-0.1, -0.05) is 0 Å². The summed E-state index contributed by atoms with van der Waals surface area (Å²) < 4.78 is 45.8. The molecule has 28 heavy (non-hydrogen) atoms. The molecule has 1 aromatic carbocycles. The van der Waals surface area contributed by atoms with Gasteiger partial charge in [-0.2, -0.15) is 8.78 Å². The molecule has 9 heteroatoms. The zero-order chi connectivity index (χ0) is 20.4. The number of hydrogen-bond acceptors (Lipinski definition) is 7. The summed E-state index contributed by atoms with van der Waals surface area (Å²) in [7, 11) is 0. The van der Waals surface area contributed by atoms with E-state index in [0.717, 1.165) is 0 Å². The van der Waals surface area contributed by atoms with Gasteiger partial charge in [0.1, 0.15) is 11.2 Å². The summed E-state index contributed by atoms with van der Waals surface area (Å²) in [5.41, 5.74) is 2.89. The van der Waals surface area contributed by atoms with Crippen molar-refractivity contribution in [1.82, 2.24) is 5.48 Å². The maximum absolute atomic E-state index is 12.7. The Morgan fingerprint density at radius 2 is 2.11 bits per heavy atom. The lowest BCUT2D eigenvalue weighted by Crippen LogP contribution is -2.29. The highest BCUT2D eigenvalue weighted by Gasteiger charge is 2.39. The zero-order valence-electron chi connectivity index (χ0n) is 15.9. The average molecular weight is 399 g/mol. The standard InChI is InChI=1S/C19H23F2NO6/c1-18(2,3)27-16(23)10-25-15-8-12(4-5-14(15)26-17(20)21)13-9-19(28-22-13)6-7-24-11-19/h4-5,8-9,17,22H,6-7,10-11H2,1-3H3. The molecule has 0 radical (unpaired) electrons. The smallest absolute Gasteiger partial charge is 0.387 e. The van der Waals surface area contributed by atoms with Crippen molar-refractivity contribution in [2.24, 2.45) is 0 Å². The first-order chi connectivity index (χ1) is 13.2. The molecule has 2 aliphatic heterocycles. The van der Waals surface area contributed by atoms with Gasteiger partial charge in [0.15, 0.2) is 18.1 Å². The lowest BCUT2D eigenvalue weighted by molar-refractivity contribution is -0.157. The van der Waals surface area contributed by atoms with Gasteiger partial charge in [-0.15, -0.1) is 0 Å². The van der Waals surface area contributed by atoms with Crippen LogP contribution in [0.5, 0.6) is 11.5 Å². The zero-order valence-corrected chi connectivity index (χ0v) is 15.9. The second-order valence-corrected chi connectivity index (χ2v) is 7.54. The van der Waals surface area contributed by atoms with Crippen LogP contribution in [0.1, 0.15) is 32.8 Å². The van der Waals surface area contributed by atoms with Crippen molar-refractivity contribution in [3.63, 3.8) is 0 Å². The minimum atomic E-state index is -3.03. The summed E-state index contributed by atoms with van der Waals surface area (Å²) in [6.45, 7) is 2.71. The highest BCUT2D eigenvalue weighted by atomic mass is 19.3. The van der Waals surface area contributed by atoms with Gasteiger partial charge in [0.25, 0.3) is 0 Å². The number of halogens is 2. The Bertz CT molecular complexity index is 753. The van der Waals surface area contributed by atoms with Gasteiger partial charge in [0, 0.05) is 18.6 Å². The molecule has 1 N–H and O–H groups in total. The Morgan fingerprint density at radius 3 is 2.75 bits per heavy atom. The van der Waals surface area contributed by atoms with Crippen molar-refractivity contribution in [1.29, 1.82) is 0 Å². The molecule has 1 fully saturated rings. The highest BCUT2D eigenvalue weighted by molar-refractivity contribution is 5.72. The van der Waals surface area contributed by atoms with E-state index < -0.39 is 30.4 Å². The SMILES string of the molecule is CC(C)(C)OC(=O)COc1cc(C2=CC3(CCOC3)ON2)ccc1OC(F)F. The summed E-state index contributed by atoms with van der Waals surface area (Å²) in [5.74, 6) is -0.805. The van der Waals surface area contributed by atoms with Crippen LogP contribution in [0.2, 0.25) is 0 Å². The fourth-order valence-corrected chi connectivity index (χ4v) is 2.87. The first-order valence-corrected chi connectivity index (χ1v) is 8.84. The number of carbonyl (C=O) groups is 1. The van der Waals surface area contributed by atoms with Gasteiger partial charge in [0.2, 0.25) is 0 Å². The van der Waals surface area contributed by atoms with Crippen molar-refractivity contribution >= 4 is 11.7 Å². The normalized spacial score (nSPS) is 21.6. The van der Waals surface area contributed by atoms with Crippen molar-refractivity contribution in [3.8, 4) is 11.5 Å². The Hall–Kier alpha value is -2.39. The molecule has 7 nitrogen and oxygen atoms in total. The number of nitrogens with one attached hydrogen (secondary N) is 1. The molecular formula is C19H23F2NO6. The van der Waals surface area contributed by atoms with E-state index in [9.17, 15) is 13.6 Å². The lowest BCUT2D eigenvalue weighted by Gasteiger charge is -2.20. The van der Waals surface area contributed by atoms with Crippen molar-refractivity contribution < 1.29 is 37.4 Å². The molecule has 1 aromatic rings. The number of ether oxygens (including phenoxy) is 4. The maximum atomic E-state index is 12.7. The van der Waals surface area contributed by atoms with E-state index in [-0.39, 0.29) is 11.5 Å². The number of hydrogen-bond donors (Lipinski definition) is 1. The van der Waals surface area contributed by atoms with Crippen LogP contribution in [0.4, 0.5) is 8.78 Å². The van der Waals surface area contributed by atoms with E-state index in [0.29, 0.717) is 30.9 Å². The summed E-state index contributed by atoms with van der Waals surface area (Å²) in [5, 5.41) is 0.